The second-order valence-corrected chi connectivity index (χ2v) is 4.98. The van der Waals surface area contributed by atoms with Crippen LogP contribution in [0.4, 0.5) is 0 Å². The van der Waals surface area contributed by atoms with E-state index in [1.807, 2.05) is 25.1 Å². The van der Waals surface area contributed by atoms with Gasteiger partial charge in [0.15, 0.2) is 6.10 Å². The van der Waals surface area contributed by atoms with Crippen LogP contribution in [0.15, 0.2) is 18.2 Å². The Bertz CT molecular complexity index is 505. The number of rotatable bonds is 5. The van der Waals surface area contributed by atoms with E-state index in [-0.39, 0.29) is 6.04 Å². The minimum atomic E-state index is -0.923. The molecule has 1 heterocycles. The van der Waals surface area contributed by atoms with Crippen molar-refractivity contribution in [1.82, 2.24) is 4.90 Å². The Balaban J connectivity index is 2.19. The van der Waals surface area contributed by atoms with Crippen LogP contribution in [-0.2, 0) is 9.53 Å². The van der Waals surface area contributed by atoms with E-state index < -0.39 is 12.1 Å². The summed E-state index contributed by atoms with van der Waals surface area (Å²) in [7, 11) is 3.22. The Morgan fingerprint density at radius 3 is 2.81 bits per heavy atom. The lowest BCUT2D eigenvalue weighted by molar-refractivity contribution is -0.157. The van der Waals surface area contributed by atoms with Crippen LogP contribution in [-0.4, -0.2) is 56.0 Å². The summed E-state index contributed by atoms with van der Waals surface area (Å²) in [5.74, 6) is 0.544. The van der Waals surface area contributed by atoms with E-state index in [0.717, 1.165) is 17.1 Å². The van der Waals surface area contributed by atoms with Gasteiger partial charge in [0.05, 0.1) is 20.8 Å². The third kappa shape index (κ3) is 3.46. The number of nitrogens with zero attached hydrogens (tertiary/aromatic N) is 1. The quantitative estimate of drug-likeness (QED) is 0.889. The summed E-state index contributed by atoms with van der Waals surface area (Å²) < 4.78 is 15.9. The highest BCUT2D eigenvalue weighted by atomic mass is 16.5. The van der Waals surface area contributed by atoms with E-state index in [1.54, 1.807) is 14.2 Å². The molecule has 2 unspecified atom stereocenters. The summed E-state index contributed by atoms with van der Waals surface area (Å²) in [5.41, 5.74) is 1.00. The fraction of sp³-hybridized carbons (Fsp3) is 0.533. The molecule has 0 radical (unpaired) electrons. The van der Waals surface area contributed by atoms with E-state index in [0.29, 0.717) is 19.7 Å². The molecule has 6 heteroatoms. The predicted molar refractivity (Wildman–Crippen MR) is 76.9 cm³/mol. The van der Waals surface area contributed by atoms with E-state index >= 15 is 0 Å². The Hall–Kier alpha value is -1.79. The number of carboxylic acid groups (broad SMARTS) is 1. The molecule has 2 atom stereocenters. The monoisotopic (exact) mass is 295 g/mol. The lowest BCUT2D eigenvalue weighted by atomic mass is 10.0. The molecule has 1 aromatic rings. The van der Waals surface area contributed by atoms with Crippen LogP contribution in [0.2, 0.25) is 0 Å². The minimum Gasteiger partial charge on any atom is -0.497 e. The Morgan fingerprint density at radius 1 is 1.43 bits per heavy atom. The Labute approximate surface area is 124 Å². The molecule has 1 aromatic carbocycles. The number of hydrogen-bond donors (Lipinski definition) is 1. The highest BCUT2D eigenvalue weighted by molar-refractivity contribution is 5.72. The first-order chi connectivity index (χ1) is 10.1. The van der Waals surface area contributed by atoms with Crippen LogP contribution in [0.3, 0.4) is 0 Å². The molecule has 1 aliphatic heterocycles. The fourth-order valence-corrected chi connectivity index (χ4v) is 2.53. The molecule has 1 saturated heterocycles. The van der Waals surface area contributed by atoms with Gasteiger partial charge in [-0.3, -0.25) is 4.90 Å². The normalized spacial score (nSPS) is 20.8. The molecule has 0 spiro atoms. The average Bonchev–Trinajstić information content (AvgIpc) is 2.53. The molecular weight excluding hydrogens is 274 g/mol. The summed E-state index contributed by atoms with van der Waals surface area (Å²) in [6.07, 6.45) is -0.773. The molecule has 116 valence electrons. The molecule has 2 rings (SSSR count). The van der Waals surface area contributed by atoms with Crippen LogP contribution in [0, 0.1) is 0 Å². The number of carbonyl (C=O) groups is 1. The number of ether oxygens (including phenoxy) is 3. The van der Waals surface area contributed by atoms with Gasteiger partial charge >= 0.3 is 5.97 Å². The van der Waals surface area contributed by atoms with Crippen LogP contribution in [0.5, 0.6) is 11.5 Å². The first kappa shape index (κ1) is 15.6. The summed E-state index contributed by atoms with van der Waals surface area (Å²) in [5, 5.41) is 9.08. The van der Waals surface area contributed by atoms with Gasteiger partial charge in [-0.25, -0.2) is 4.79 Å². The van der Waals surface area contributed by atoms with Crippen molar-refractivity contribution in [1.29, 1.82) is 0 Å². The van der Waals surface area contributed by atoms with Crippen molar-refractivity contribution in [3.8, 4) is 11.5 Å². The molecule has 21 heavy (non-hydrogen) atoms. The zero-order valence-corrected chi connectivity index (χ0v) is 12.5. The van der Waals surface area contributed by atoms with Gasteiger partial charge in [0.1, 0.15) is 11.5 Å². The van der Waals surface area contributed by atoms with Crippen LogP contribution in [0.1, 0.15) is 18.5 Å². The zero-order valence-electron chi connectivity index (χ0n) is 12.5. The molecule has 1 N–H and O–H groups in total. The number of carboxylic acids is 1. The molecule has 0 aromatic heterocycles. The van der Waals surface area contributed by atoms with E-state index in [2.05, 4.69) is 4.90 Å². The van der Waals surface area contributed by atoms with Gasteiger partial charge in [-0.1, -0.05) is 6.07 Å². The smallest absolute Gasteiger partial charge is 0.334 e. The first-order valence-corrected chi connectivity index (χ1v) is 6.87. The van der Waals surface area contributed by atoms with E-state index in [1.165, 1.54) is 0 Å². The topological polar surface area (TPSA) is 68.2 Å². The minimum absolute atomic E-state index is 0.0385. The maximum Gasteiger partial charge on any atom is 0.334 e. The van der Waals surface area contributed by atoms with Crippen molar-refractivity contribution >= 4 is 5.97 Å². The average molecular weight is 295 g/mol. The van der Waals surface area contributed by atoms with Crippen LogP contribution >= 0.6 is 0 Å². The molecule has 0 amide bonds. The first-order valence-electron chi connectivity index (χ1n) is 6.87. The van der Waals surface area contributed by atoms with Gasteiger partial charge in [-0.05, 0) is 13.0 Å². The van der Waals surface area contributed by atoms with Crippen molar-refractivity contribution in [2.45, 2.75) is 19.1 Å². The molecule has 0 saturated carbocycles. The molecule has 0 aliphatic carbocycles. The molecule has 6 nitrogen and oxygen atoms in total. The van der Waals surface area contributed by atoms with E-state index in [4.69, 9.17) is 19.3 Å². The van der Waals surface area contributed by atoms with Crippen molar-refractivity contribution < 1.29 is 24.1 Å². The van der Waals surface area contributed by atoms with Crippen molar-refractivity contribution in [3.63, 3.8) is 0 Å². The van der Waals surface area contributed by atoms with Gasteiger partial charge in [0.2, 0.25) is 0 Å². The van der Waals surface area contributed by atoms with Gasteiger partial charge in [-0.2, -0.15) is 0 Å². The second kappa shape index (κ2) is 6.78. The molecule has 0 bridgehead atoms. The number of morpholine rings is 1. The van der Waals surface area contributed by atoms with Gasteiger partial charge in [0, 0.05) is 30.8 Å². The maximum atomic E-state index is 11.1. The van der Waals surface area contributed by atoms with Crippen molar-refractivity contribution in [2.24, 2.45) is 0 Å². The molecule has 1 aliphatic rings. The fourth-order valence-electron chi connectivity index (χ4n) is 2.53. The lowest BCUT2D eigenvalue weighted by Crippen LogP contribution is -2.46. The summed E-state index contributed by atoms with van der Waals surface area (Å²) in [4.78, 5) is 13.2. The third-order valence-electron chi connectivity index (χ3n) is 3.81. The Kier molecular flexibility index (Phi) is 5.03. The van der Waals surface area contributed by atoms with E-state index in [9.17, 15) is 4.79 Å². The van der Waals surface area contributed by atoms with Gasteiger partial charge in [0.25, 0.3) is 0 Å². The number of methoxy groups -OCH3 is 2. The molecular formula is C15H21NO5. The van der Waals surface area contributed by atoms with Gasteiger partial charge in [-0.15, -0.1) is 0 Å². The Morgan fingerprint density at radius 2 is 2.19 bits per heavy atom. The standard InChI is InChI=1S/C15H21NO5/c1-10(16-6-7-21-14(9-16)15(17)18)12-5-4-11(19-2)8-13(12)20-3/h4-5,8,10,14H,6-7,9H2,1-3H3,(H,17,18). The second-order valence-electron chi connectivity index (χ2n) is 4.98. The summed E-state index contributed by atoms with van der Waals surface area (Å²) in [6.45, 7) is 3.51. The highest BCUT2D eigenvalue weighted by Crippen LogP contribution is 2.33. The maximum absolute atomic E-state index is 11.1. The SMILES string of the molecule is COc1ccc(C(C)N2CCOC(C(=O)O)C2)c(OC)c1. The highest BCUT2D eigenvalue weighted by Gasteiger charge is 2.30. The predicted octanol–water partition coefficient (Wildman–Crippen LogP) is 1.55. The third-order valence-corrected chi connectivity index (χ3v) is 3.81. The number of benzene rings is 1. The summed E-state index contributed by atoms with van der Waals surface area (Å²) in [6, 6.07) is 5.70. The molecule has 1 fully saturated rings. The lowest BCUT2D eigenvalue weighted by Gasteiger charge is -2.35. The van der Waals surface area contributed by atoms with Crippen LogP contribution < -0.4 is 9.47 Å². The zero-order chi connectivity index (χ0) is 15.4. The largest absolute Gasteiger partial charge is 0.497 e. The van der Waals surface area contributed by atoms with Crippen molar-refractivity contribution in [2.75, 3.05) is 33.9 Å². The van der Waals surface area contributed by atoms with Gasteiger partial charge < -0.3 is 19.3 Å². The summed E-state index contributed by atoms with van der Waals surface area (Å²) >= 11 is 0. The van der Waals surface area contributed by atoms with Crippen molar-refractivity contribution in [3.05, 3.63) is 23.8 Å². The van der Waals surface area contributed by atoms with Crippen LogP contribution in [0.25, 0.3) is 0 Å². The number of aliphatic carboxylic acids is 1. The number of hydrogen-bond acceptors (Lipinski definition) is 5.